The molecule has 0 aromatic carbocycles. The predicted molar refractivity (Wildman–Crippen MR) is 51.8 cm³/mol. The summed E-state index contributed by atoms with van der Waals surface area (Å²) < 4.78 is 20.7. The van der Waals surface area contributed by atoms with E-state index in [1.165, 1.54) is 10.5 Å². The number of hydrogen-bond acceptors (Lipinski definition) is 3. The molecule has 0 aliphatic rings. The first-order valence-corrected chi connectivity index (χ1v) is 5.35. The fraction of sp³-hybridized carbons (Fsp3) is 0.375. The van der Waals surface area contributed by atoms with E-state index in [0.29, 0.717) is 4.90 Å². The number of hydrogen-bond donors (Lipinski definition) is 1. The van der Waals surface area contributed by atoms with Gasteiger partial charge in [-0.2, -0.15) is 0 Å². The smallest absolute Gasteiger partial charge is 0.138 e. The fourth-order valence-corrected chi connectivity index (χ4v) is 1.70. The van der Waals surface area contributed by atoms with Gasteiger partial charge in [0.25, 0.3) is 0 Å². The van der Waals surface area contributed by atoms with E-state index in [1.807, 2.05) is 6.92 Å². The van der Waals surface area contributed by atoms with E-state index in [0.717, 1.165) is 5.69 Å². The van der Waals surface area contributed by atoms with Crippen molar-refractivity contribution in [1.29, 1.82) is 4.78 Å². The van der Waals surface area contributed by atoms with Crippen LogP contribution in [-0.4, -0.2) is 27.6 Å². The number of pyridine rings is 1. The molecule has 0 bridgehead atoms. The lowest BCUT2D eigenvalue weighted by molar-refractivity contribution is 0.588. The number of aromatic nitrogens is 1. The Morgan fingerprint density at radius 2 is 2.08 bits per heavy atom. The molecule has 1 unspecified atom stereocenters. The molecule has 0 saturated carbocycles. The first-order chi connectivity index (χ1) is 5.94. The van der Waals surface area contributed by atoms with Crippen LogP contribution >= 0.6 is 0 Å². The third-order valence-electron chi connectivity index (χ3n) is 1.72. The molecule has 0 fully saturated rings. The summed E-state index contributed by atoms with van der Waals surface area (Å²) in [5.74, 6) is 0. The van der Waals surface area contributed by atoms with Crippen molar-refractivity contribution in [3.63, 3.8) is 0 Å². The standard InChI is InChI=1S/C8H13N3OS/c1-7-4-5-8(6-10-7)13(9,12)11(2)3/h4-6,9H,1-3H3. The second-order valence-corrected chi connectivity index (χ2v) is 5.23. The number of nitrogens with zero attached hydrogens (tertiary/aromatic N) is 2. The molecule has 72 valence electrons. The molecule has 1 aromatic heterocycles. The Hall–Kier alpha value is -0.940. The summed E-state index contributed by atoms with van der Waals surface area (Å²) >= 11 is 0. The predicted octanol–water partition coefficient (Wildman–Crippen LogP) is 1.27. The maximum Gasteiger partial charge on any atom is 0.138 e. The van der Waals surface area contributed by atoms with Crippen molar-refractivity contribution in [1.82, 2.24) is 9.29 Å². The van der Waals surface area contributed by atoms with Gasteiger partial charge < -0.3 is 0 Å². The minimum atomic E-state index is -2.82. The Balaban J connectivity index is 3.17. The molecule has 0 saturated heterocycles. The van der Waals surface area contributed by atoms with Crippen LogP contribution in [0.5, 0.6) is 0 Å². The van der Waals surface area contributed by atoms with Crippen molar-refractivity contribution >= 4 is 9.92 Å². The summed E-state index contributed by atoms with van der Waals surface area (Å²) in [5.41, 5.74) is 0.859. The number of nitrogens with one attached hydrogen (secondary N) is 1. The largest absolute Gasteiger partial charge is 0.260 e. The van der Waals surface area contributed by atoms with E-state index in [4.69, 9.17) is 4.78 Å². The van der Waals surface area contributed by atoms with Gasteiger partial charge >= 0.3 is 0 Å². The zero-order valence-electron chi connectivity index (χ0n) is 7.94. The van der Waals surface area contributed by atoms with Crippen LogP contribution in [0.1, 0.15) is 5.69 Å². The van der Waals surface area contributed by atoms with Crippen LogP contribution in [0.4, 0.5) is 0 Å². The highest BCUT2D eigenvalue weighted by atomic mass is 32.2. The first kappa shape index (κ1) is 10.1. The van der Waals surface area contributed by atoms with Gasteiger partial charge in [-0.15, -0.1) is 0 Å². The van der Waals surface area contributed by atoms with E-state index >= 15 is 0 Å². The van der Waals surface area contributed by atoms with Crippen molar-refractivity contribution in [2.45, 2.75) is 11.8 Å². The van der Waals surface area contributed by atoms with Gasteiger partial charge in [0.15, 0.2) is 0 Å². The van der Waals surface area contributed by atoms with Gasteiger partial charge in [-0.05, 0) is 19.1 Å². The highest BCUT2D eigenvalue weighted by Gasteiger charge is 2.12. The van der Waals surface area contributed by atoms with Gasteiger partial charge in [-0.3, -0.25) is 4.98 Å². The van der Waals surface area contributed by atoms with Gasteiger partial charge in [0.2, 0.25) is 0 Å². The summed E-state index contributed by atoms with van der Waals surface area (Å²) in [6, 6.07) is 3.44. The molecule has 1 heterocycles. The Kier molecular flexibility index (Phi) is 2.68. The average molecular weight is 199 g/mol. The molecule has 0 aliphatic carbocycles. The molecule has 13 heavy (non-hydrogen) atoms. The zero-order chi connectivity index (χ0) is 10.1. The van der Waals surface area contributed by atoms with Crippen LogP contribution in [0, 0.1) is 11.7 Å². The quantitative estimate of drug-likeness (QED) is 0.779. The minimum absolute atomic E-state index is 0.447. The summed E-state index contributed by atoms with van der Waals surface area (Å²) in [6.45, 7) is 1.85. The van der Waals surface area contributed by atoms with E-state index in [1.54, 1.807) is 26.2 Å². The SMILES string of the molecule is Cc1ccc(S(=N)(=O)N(C)C)cn1. The Morgan fingerprint density at radius 1 is 1.46 bits per heavy atom. The number of aryl methyl sites for hydroxylation is 1. The lowest BCUT2D eigenvalue weighted by Gasteiger charge is -2.13. The molecular weight excluding hydrogens is 186 g/mol. The molecule has 4 nitrogen and oxygen atoms in total. The first-order valence-electron chi connectivity index (χ1n) is 3.83. The molecule has 0 spiro atoms. The van der Waals surface area contributed by atoms with E-state index < -0.39 is 9.92 Å². The Morgan fingerprint density at radius 3 is 2.46 bits per heavy atom. The van der Waals surface area contributed by atoms with Crippen LogP contribution in [0.2, 0.25) is 0 Å². The number of rotatable bonds is 2. The molecule has 0 radical (unpaired) electrons. The second-order valence-electron chi connectivity index (χ2n) is 2.97. The molecule has 0 aliphatic heterocycles. The van der Waals surface area contributed by atoms with Gasteiger partial charge in [0, 0.05) is 26.0 Å². The van der Waals surface area contributed by atoms with E-state index in [-0.39, 0.29) is 0 Å². The average Bonchev–Trinajstić information content (AvgIpc) is 2.04. The van der Waals surface area contributed by atoms with Crippen molar-refractivity contribution in [3.05, 3.63) is 24.0 Å². The Bertz CT molecular complexity index is 380. The van der Waals surface area contributed by atoms with Crippen molar-refractivity contribution < 1.29 is 4.21 Å². The summed E-state index contributed by atoms with van der Waals surface area (Å²) in [7, 11) is 0.418. The van der Waals surface area contributed by atoms with Crippen molar-refractivity contribution in [2.24, 2.45) is 0 Å². The molecule has 1 rings (SSSR count). The van der Waals surface area contributed by atoms with Gasteiger partial charge in [0.05, 0.1) is 4.90 Å². The maximum atomic E-state index is 11.8. The third-order valence-corrected chi connectivity index (χ3v) is 3.63. The third kappa shape index (κ3) is 2.05. The highest BCUT2D eigenvalue weighted by Crippen LogP contribution is 2.12. The topological polar surface area (TPSA) is 57.1 Å². The van der Waals surface area contributed by atoms with Gasteiger partial charge in [-0.1, -0.05) is 0 Å². The normalized spacial score (nSPS) is 15.7. The molecule has 1 aromatic rings. The van der Waals surface area contributed by atoms with Crippen LogP contribution in [0.15, 0.2) is 23.2 Å². The van der Waals surface area contributed by atoms with Crippen molar-refractivity contribution in [2.75, 3.05) is 14.1 Å². The van der Waals surface area contributed by atoms with Crippen LogP contribution in [-0.2, 0) is 9.92 Å². The van der Waals surface area contributed by atoms with Crippen LogP contribution in [0.25, 0.3) is 0 Å². The lowest BCUT2D eigenvalue weighted by Crippen LogP contribution is -2.20. The van der Waals surface area contributed by atoms with E-state index in [2.05, 4.69) is 4.98 Å². The van der Waals surface area contributed by atoms with Crippen LogP contribution < -0.4 is 0 Å². The maximum absolute atomic E-state index is 11.8. The van der Waals surface area contributed by atoms with Gasteiger partial charge in [-0.25, -0.2) is 13.3 Å². The lowest BCUT2D eigenvalue weighted by atomic mass is 10.4. The summed E-state index contributed by atoms with van der Waals surface area (Å²) in [5, 5.41) is 0. The molecule has 1 atom stereocenters. The van der Waals surface area contributed by atoms with Gasteiger partial charge in [0.1, 0.15) is 9.92 Å². The zero-order valence-corrected chi connectivity index (χ0v) is 8.76. The second kappa shape index (κ2) is 3.43. The summed E-state index contributed by atoms with van der Waals surface area (Å²) in [4.78, 5) is 4.45. The van der Waals surface area contributed by atoms with E-state index in [9.17, 15) is 4.21 Å². The van der Waals surface area contributed by atoms with Crippen molar-refractivity contribution in [3.8, 4) is 0 Å². The molecule has 1 N–H and O–H groups in total. The molecule has 5 heteroatoms. The minimum Gasteiger partial charge on any atom is -0.260 e. The van der Waals surface area contributed by atoms with Crippen LogP contribution in [0.3, 0.4) is 0 Å². The monoisotopic (exact) mass is 199 g/mol. The fourth-order valence-electron chi connectivity index (χ4n) is 0.829. The molecule has 0 amide bonds. The highest BCUT2D eigenvalue weighted by molar-refractivity contribution is 7.90. The Labute approximate surface area is 78.7 Å². The summed E-state index contributed by atoms with van der Waals surface area (Å²) in [6.07, 6.45) is 1.49. The molecular formula is C8H13N3OS.